The van der Waals surface area contributed by atoms with Gasteiger partial charge in [0.1, 0.15) is 11.0 Å². The molecule has 4 heteroatoms. The first-order valence-corrected chi connectivity index (χ1v) is 6.32. The van der Waals surface area contributed by atoms with Crippen LogP contribution in [0.5, 0.6) is 0 Å². The molecule has 1 aliphatic heterocycles. The second-order valence-corrected chi connectivity index (χ2v) is 5.21. The zero-order valence-electron chi connectivity index (χ0n) is 10.2. The number of halogens is 1. The number of pyridine rings is 1. The molecule has 1 fully saturated rings. The zero-order valence-corrected chi connectivity index (χ0v) is 10.9. The summed E-state index contributed by atoms with van der Waals surface area (Å²) in [4.78, 5) is 6.56. The Morgan fingerprint density at radius 2 is 2.24 bits per heavy atom. The molecule has 1 aromatic heterocycles. The van der Waals surface area contributed by atoms with Crippen molar-refractivity contribution in [3.05, 3.63) is 22.8 Å². The number of anilines is 1. The van der Waals surface area contributed by atoms with Gasteiger partial charge >= 0.3 is 0 Å². The minimum absolute atomic E-state index is 0.393. The maximum atomic E-state index is 8.94. The molecule has 0 spiro atoms. The van der Waals surface area contributed by atoms with E-state index in [0.29, 0.717) is 16.8 Å². The van der Waals surface area contributed by atoms with Crippen LogP contribution in [0.1, 0.15) is 32.3 Å². The van der Waals surface area contributed by atoms with Crippen molar-refractivity contribution in [2.24, 2.45) is 5.92 Å². The molecule has 1 aliphatic rings. The van der Waals surface area contributed by atoms with Crippen LogP contribution in [0, 0.1) is 17.2 Å². The maximum absolute atomic E-state index is 8.94. The molecular formula is C13H16ClN3. The van der Waals surface area contributed by atoms with Gasteiger partial charge in [-0.15, -0.1) is 0 Å². The largest absolute Gasteiger partial charge is 0.354 e. The first-order valence-electron chi connectivity index (χ1n) is 5.94. The molecule has 2 atom stereocenters. The molecule has 0 bridgehead atoms. The van der Waals surface area contributed by atoms with E-state index < -0.39 is 0 Å². The lowest BCUT2D eigenvalue weighted by Crippen LogP contribution is -2.40. The lowest BCUT2D eigenvalue weighted by Gasteiger charge is -2.37. The Labute approximate surface area is 107 Å². The van der Waals surface area contributed by atoms with E-state index in [4.69, 9.17) is 16.9 Å². The molecule has 0 saturated carbocycles. The van der Waals surface area contributed by atoms with Crippen molar-refractivity contribution in [3.63, 3.8) is 0 Å². The average molecular weight is 250 g/mol. The molecular weight excluding hydrogens is 234 g/mol. The van der Waals surface area contributed by atoms with E-state index in [0.717, 1.165) is 24.7 Å². The van der Waals surface area contributed by atoms with Crippen LogP contribution in [0.25, 0.3) is 0 Å². The first-order chi connectivity index (χ1) is 8.10. The van der Waals surface area contributed by atoms with Crippen molar-refractivity contribution in [1.29, 1.82) is 5.26 Å². The molecule has 17 heavy (non-hydrogen) atoms. The fourth-order valence-electron chi connectivity index (χ4n) is 2.44. The minimum atomic E-state index is 0.393. The Bertz CT molecular complexity index is 452. The van der Waals surface area contributed by atoms with Crippen molar-refractivity contribution >= 4 is 17.4 Å². The monoisotopic (exact) mass is 249 g/mol. The van der Waals surface area contributed by atoms with Gasteiger partial charge in [0.25, 0.3) is 0 Å². The predicted molar refractivity (Wildman–Crippen MR) is 69.2 cm³/mol. The third kappa shape index (κ3) is 2.70. The predicted octanol–water partition coefficient (Wildman–Crippen LogP) is 3.23. The van der Waals surface area contributed by atoms with E-state index in [1.54, 1.807) is 6.07 Å². The molecule has 0 amide bonds. The zero-order chi connectivity index (χ0) is 12.4. The summed E-state index contributed by atoms with van der Waals surface area (Å²) in [5.41, 5.74) is 0.575. The molecule has 2 heterocycles. The van der Waals surface area contributed by atoms with Gasteiger partial charge in [0, 0.05) is 12.6 Å². The summed E-state index contributed by atoms with van der Waals surface area (Å²) < 4.78 is 0. The SMILES string of the molecule is CC1CCN(c2cc(C#N)cc(Cl)n2)C(C)C1. The van der Waals surface area contributed by atoms with Crippen LogP contribution < -0.4 is 4.90 Å². The molecule has 1 aromatic rings. The Morgan fingerprint density at radius 3 is 2.88 bits per heavy atom. The van der Waals surface area contributed by atoms with Gasteiger partial charge in [0.05, 0.1) is 11.6 Å². The van der Waals surface area contributed by atoms with Crippen LogP contribution in [0.3, 0.4) is 0 Å². The second kappa shape index (κ2) is 4.93. The Kier molecular flexibility index (Phi) is 3.54. The number of nitriles is 1. The molecule has 0 N–H and O–H groups in total. The third-order valence-electron chi connectivity index (χ3n) is 3.34. The fourth-order valence-corrected chi connectivity index (χ4v) is 2.65. The fraction of sp³-hybridized carbons (Fsp3) is 0.538. The number of rotatable bonds is 1. The summed E-state index contributed by atoms with van der Waals surface area (Å²) in [5.74, 6) is 1.59. The summed E-state index contributed by atoms with van der Waals surface area (Å²) in [6.45, 7) is 5.46. The van der Waals surface area contributed by atoms with Gasteiger partial charge in [-0.2, -0.15) is 5.26 Å². The lowest BCUT2D eigenvalue weighted by atomic mass is 9.93. The summed E-state index contributed by atoms with van der Waals surface area (Å²) in [7, 11) is 0. The molecule has 2 rings (SSSR count). The van der Waals surface area contributed by atoms with Crippen LogP contribution >= 0.6 is 11.6 Å². The highest BCUT2D eigenvalue weighted by molar-refractivity contribution is 6.29. The third-order valence-corrected chi connectivity index (χ3v) is 3.54. The van der Waals surface area contributed by atoms with E-state index in [1.165, 1.54) is 6.42 Å². The summed E-state index contributed by atoms with van der Waals surface area (Å²) in [6, 6.07) is 5.99. The van der Waals surface area contributed by atoms with Crippen molar-refractivity contribution in [2.75, 3.05) is 11.4 Å². The van der Waals surface area contributed by atoms with Gasteiger partial charge in [0.15, 0.2) is 0 Å². The number of nitrogens with zero attached hydrogens (tertiary/aromatic N) is 3. The Morgan fingerprint density at radius 1 is 1.47 bits per heavy atom. The quantitative estimate of drug-likeness (QED) is 0.718. The summed E-state index contributed by atoms with van der Waals surface area (Å²) in [5, 5.41) is 9.33. The summed E-state index contributed by atoms with van der Waals surface area (Å²) >= 11 is 5.94. The van der Waals surface area contributed by atoms with Crippen LogP contribution in [-0.4, -0.2) is 17.6 Å². The van der Waals surface area contributed by atoms with Gasteiger partial charge in [-0.1, -0.05) is 18.5 Å². The normalized spacial score (nSPS) is 24.5. The van der Waals surface area contributed by atoms with E-state index >= 15 is 0 Å². The van der Waals surface area contributed by atoms with E-state index in [9.17, 15) is 0 Å². The number of aromatic nitrogens is 1. The van der Waals surface area contributed by atoms with Crippen LogP contribution in [0.4, 0.5) is 5.82 Å². The van der Waals surface area contributed by atoms with Gasteiger partial charge in [-0.3, -0.25) is 0 Å². The molecule has 2 unspecified atom stereocenters. The molecule has 3 nitrogen and oxygen atoms in total. The van der Waals surface area contributed by atoms with Crippen molar-refractivity contribution in [1.82, 2.24) is 4.98 Å². The summed E-state index contributed by atoms with van der Waals surface area (Å²) in [6.07, 6.45) is 2.33. The maximum Gasteiger partial charge on any atom is 0.132 e. The van der Waals surface area contributed by atoms with E-state index in [-0.39, 0.29) is 0 Å². The van der Waals surface area contributed by atoms with E-state index in [1.807, 2.05) is 6.07 Å². The smallest absolute Gasteiger partial charge is 0.132 e. The second-order valence-electron chi connectivity index (χ2n) is 4.82. The highest BCUT2D eigenvalue weighted by atomic mass is 35.5. The van der Waals surface area contributed by atoms with Crippen LogP contribution in [-0.2, 0) is 0 Å². The number of hydrogen-bond donors (Lipinski definition) is 0. The highest BCUT2D eigenvalue weighted by Crippen LogP contribution is 2.27. The topological polar surface area (TPSA) is 39.9 Å². The van der Waals surface area contributed by atoms with Gasteiger partial charge in [-0.05, 0) is 37.8 Å². The highest BCUT2D eigenvalue weighted by Gasteiger charge is 2.24. The molecule has 0 aliphatic carbocycles. The molecule has 0 aromatic carbocycles. The Hall–Kier alpha value is -1.27. The molecule has 0 radical (unpaired) electrons. The molecule has 1 saturated heterocycles. The Balaban J connectivity index is 2.28. The minimum Gasteiger partial charge on any atom is -0.354 e. The average Bonchev–Trinajstić information content (AvgIpc) is 2.28. The van der Waals surface area contributed by atoms with Crippen LogP contribution in [0.2, 0.25) is 5.15 Å². The van der Waals surface area contributed by atoms with Crippen molar-refractivity contribution < 1.29 is 0 Å². The first kappa shape index (κ1) is 12.2. The number of hydrogen-bond acceptors (Lipinski definition) is 3. The molecule has 90 valence electrons. The van der Waals surface area contributed by atoms with E-state index in [2.05, 4.69) is 29.8 Å². The van der Waals surface area contributed by atoms with Gasteiger partial charge < -0.3 is 4.90 Å². The van der Waals surface area contributed by atoms with Gasteiger partial charge in [0.2, 0.25) is 0 Å². The lowest BCUT2D eigenvalue weighted by molar-refractivity contribution is 0.376. The van der Waals surface area contributed by atoms with Crippen LogP contribution in [0.15, 0.2) is 12.1 Å². The van der Waals surface area contributed by atoms with Gasteiger partial charge in [-0.25, -0.2) is 4.98 Å². The van der Waals surface area contributed by atoms with Crippen molar-refractivity contribution in [3.8, 4) is 6.07 Å². The standard InChI is InChI=1S/C13H16ClN3/c1-9-3-4-17(10(2)5-9)13-7-11(8-15)6-12(14)16-13/h6-7,9-10H,3-5H2,1-2H3. The number of piperidine rings is 1. The van der Waals surface area contributed by atoms with Crippen molar-refractivity contribution in [2.45, 2.75) is 32.7 Å².